The fraction of sp³-hybridized carbons (Fsp3) is 0.316. The van der Waals surface area contributed by atoms with E-state index in [2.05, 4.69) is 20.8 Å². The van der Waals surface area contributed by atoms with Gasteiger partial charge in [0.05, 0.1) is 31.6 Å². The van der Waals surface area contributed by atoms with E-state index in [4.69, 9.17) is 14.2 Å². The molecule has 10 nitrogen and oxygen atoms in total. The summed E-state index contributed by atoms with van der Waals surface area (Å²) in [7, 11) is 3.11. The molecule has 1 amide bonds. The van der Waals surface area contributed by atoms with Crippen molar-refractivity contribution in [1.29, 1.82) is 0 Å². The Morgan fingerprint density at radius 3 is 2.74 bits per heavy atom. The number of thiophene rings is 1. The number of tetrazole rings is 1. The van der Waals surface area contributed by atoms with Gasteiger partial charge in [0, 0.05) is 6.07 Å². The number of ether oxygens (including phenoxy) is 3. The number of nitrogens with one attached hydrogen (secondary N) is 1. The lowest BCUT2D eigenvalue weighted by Gasteiger charge is -2.11. The first-order valence-electron chi connectivity index (χ1n) is 9.17. The lowest BCUT2D eigenvalue weighted by molar-refractivity contribution is -0.113. The van der Waals surface area contributed by atoms with E-state index in [1.54, 1.807) is 52.3 Å². The highest BCUT2D eigenvalue weighted by molar-refractivity contribution is 7.99. The van der Waals surface area contributed by atoms with Gasteiger partial charge in [0.25, 0.3) is 0 Å². The number of methoxy groups -OCH3 is 2. The smallest absolute Gasteiger partial charge is 0.348 e. The average Bonchev–Trinajstić information content (AvgIpc) is 3.38. The highest BCUT2D eigenvalue weighted by Crippen LogP contribution is 2.30. The van der Waals surface area contributed by atoms with Crippen LogP contribution in [-0.4, -0.2) is 58.7 Å². The summed E-state index contributed by atoms with van der Waals surface area (Å²) in [5.74, 6) is 0.587. The van der Waals surface area contributed by atoms with Gasteiger partial charge in [-0.25, -0.2) is 4.79 Å². The summed E-state index contributed by atoms with van der Waals surface area (Å²) >= 11 is 2.34. The molecule has 0 saturated carbocycles. The zero-order valence-electron chi connectivity index (χ0n) is 17.4. The summed E-state index contributed by atoms with van der Waals surface area (Å²) in [4.78, 5) is 24.8. The number of aryl methyl sites for hydroxylation is 1. The van der Waals surface area contributed by atoms with Crippen molar-refractivity contribution in [3.8, 4) is 17.2 Å². The number of hydrogen-bond acceptors (Lipinski definition) is 10. The Bertz CT molecular complexity index is 1080. The van der Waals surface area contributed by atoms with Crippen LogP contribution in [0.25, 0.3) is 5.69 Å². The average molecular weight is 464 g/mol. The van der Waals surface area contributed by atoms with Crippen LogP contribution in [0.3, 0.4) is 0 Å². The number of thioether (sulfide) groups is 1. The number of amides is 1. The first kappa shape index (κ1) is 22.6. The third-order valence-corrected chi connectivity index (χ3v) is 6.08. The van der Waals surface area contributed by atoms with Gasteiger partial charge in [0.15, 0.2) is 0 Å². The Balaban J connectivity index is 1.69. The van der Waals surface area contributed by atoms with Crippen molar-refractivity contribution in [2.45, 2.75) is 19.0 Å². The van der Waals surface area contributed by atoms with Crippen LogP contribution in [0.2, 0.25) is 0 Å². The summed E-state index contributed by atoms with van der Waals surface area (Å²) in [5, 5.41) is 15.5. The Labute approximate surface area is 186 Å². The molecule has 0 bridgehead atoms. The lowest BCUT2D eigenvalue weighted by Crippen LogP contribution is -2.14. The van der Waals surface area contributed by atoms with E-state index in [0.29, 0.717) is 38.8 Å². The number of esters is 1. The molecule has 0 fully saturated rings. The van der Waals surface area contributed by atoms with E-state index in [9.17, 15) is 9.59 Å². The monoisotopic (exact) mass is 463 g/mol. The van der Waals surface area contributed by atoms with Crippen LogP contribution < -0.4 is 14.8 Å². The second kappa shape index (κ2) is 10.3. The van der Waals surface area contributed by atoms with Crippen LogP contribution >= 0.6 is 23.1 Å². The molecule has 0 radical (unpaired) electrons. The van der Waals surface area contributed by atoms with Gasteiger partial charge in [-0.2, -0.15) is 4.68 Å². The second-order valence-electron chi connectivity index (χ2n) is 6.09. The van der Waals surface area contributed by atoms with Gasteiger partial charge in [-0.05, 0) is 48.0 Å². The van der Waals surface area contributed by atoms with Crippen LogP contribution in [0.15, 0.2) is 29.4 Å². The molecular weight excluding hydrogens is 442 g/mol. The zero-order chi connectivity index (χ0) is 22.4. The molecule has 0 atom stereocenters. The lowest BCUT2D eigenvalue weighted by atomic mass is 10.3. The molecule has 164 valence electrons. The first-order chi connectivity index (χ1) is 15.0. The van der Waals surface area contributed by atoms with Crippen LogP contribution in [0, 0.1) is 6.92 Å². The molecular formula is C19H21N5O5S2. The predicted octanol–water partition coefficient (Wildman–Crippen LogP) is 2.96. The number of hydrogen-bond donors (Lipinski definition) is 1. The molecule has 2 heterocycles. The van der Waals surface area contributed by atoms with E-state index in [-0.39, 0.29) is 11.7 Å². The first-order valence-corrected chi connectivity index (χ1v) is 11.0. The van der Waals surface area contributed by atoms with E-state index in [1.807, 2.05) is 0 Å². The molecule has 3 rings (SSSR count). The molecule has 1 aromatic carbocycles. The molecule has 3 aromatic rings. The Hall–Kier alpha value is -3.12. The maximum atomic E-state index is 12.4. The van der Waals surface area contributed by atoms with Gasteiger partial charge in [-0.3, -0.25) is 4.79 Å². The Kier molecular flexibility index (Phi) is 7.47. The summed E-state index contributed by atoms with van der Waals surface area (Å²) in [5.41, 5.74) is 1.34. The van der Waals surface area contributed by atoms with Gasteiger partial charge < -0.3 is 19.5 Å². The zero-order valence-corrected chi connectivity index (χ0v) is 19.0. The standard InChI is InChI=1S/C19H21N5O5S2/c1-5-29-18(26)17-11(2)8-16(31-17)20-15(25)10-30-19-21-22-23-24(19)13-9-12(27-3)6-7-14(13)28-4/h6-9H,5,10H2,1-4H3,(H,20,25). The molecule has 0 aliphatic rings. The van der Waals surface area contributed by atoms with Gasteiger partial charge in [0.2, 0.25) is 11.1 Å². The van der Waals surface area contributed by atoms with E-state index in [0.717, 1.165) is 5.56 Å². The largest absolute Gasteiger partial charge is 0.497 e. The molecule has 1 N–H and O–H groups in total. The van der Waals surface area contributed by atoms with Crippen molar-refractivity contribution < 1.29 is 23.8 Å². The summed E-state index contributed by atoms with van der Waals surface area (Å²) in [6, 6.07) is 6.99. The van der Waals surface area contributed by atoms with Crippen molar-refractivity contribution in [2.75, 3.05) is 31.9 Å². The minimum atomic E-state index is -0.397. The van der Waals surface area contributed by atoms with E-state index >= 15 is 0 Å². The molecule has 0 spiro atoms. The van der Waals surface area contributed by atoms with Crippen molar-refractivity contribution in [1.82, 2.24) is 20.2 Å². The quantitative estimate of drug-likeness (QED) is 0.377. The van der Waals surface area contributed by atoms with Crippen molar-refractivity contribution in [2.24, 2.45) is 0 Å². The van der Waals surface area contributed by atoms with Gasteiger partial charge in [-0.1, -0.05) is 11.8 Å². The second-order valence-corrected chi connectivity index (χ2v) is 8.09. The molecule has 0 aliphatic carbocycles. The predicted molar refractivity (Wildman–Crippen MR) is 117 cm³/mol. The minimum absolute atomic E-state index is 0.0678. The molecule has 12 heteroatoms. The molecule has 0 unspecified atom stereocenters. The maximum absolute atomic E-state index is 12.4. The fourth-order valence-corrected chi connectivity index (χ4v) is 4.30. The Morgan fingerprint density at radius 1 is 1.23 bits per heavy atom. The fourth-order valence-electron chi connectivity index (χ4n) is 2.63. The van der Waals surface area contributed by atoms with Crippen molar-refractivity contribution in [3.05, 3.63) is 34.7 Å². The molecule has 0 aliphatic heterocycles. The minimum Gasteiger partial charge on any atom is -0.497 e. The van der Waals surface area contributed by atoms with Crippen molar-refractivity contribution in [3.63, 3.8) is 0 Å². The van der Waals surface area contributed by atoms with Gasteiger partial charge in [-0.15, -0.1) is 16.4 Å². The van der Waals surface area contributed by atoms with Crippen molar-refractivity contribution >= 4 is 40.0 Å². The van der Waals surface area contributed by atoms with Gasteiger partial charge >= 0.3 is 5.97 Å². The van der Waals surface area contributed by atoms with E-state index in [1.165, 1.54) is 27.8 Å². The molecule has 2 aromatic heterocycles. The Morgan fingerprint density at radius 2 is 2.03 bits per heavy atom. The SMILES string of the molecule is CCOC(=O)c1sc(NC(=O)CSc2nnnn2-c2cc(OC)ccc2OC)cc1C. The summed E-state index contributed by atoms with van der Waals surface area (Å²) in [6.45, 7) is 3.83. The summed E-state index contributed by atoms with van der Waals surface area (Å²) < 4.78 is 17.1. The third-order valence-electron chi connectivity index (χ3n) is 4.03. The highest BCUT2D eigenvalue weighted by atomic mass is 32.2. The number of carbonyl (C=O) groups excluding carboxylic acids is 2. The van der Waals surface area contributed by atoms with Crippen LogP contribution in [-0.2, 0) is 9.53 Å². The molecule has 31 heavy (non-hydrogen) atoms. The normalized spacial score (nSPS) is 10.6. The van der Waals surface area contributed by atoms with Crippen LogP contribution in [0.5, 0.6) is 11.5 Å². The van der Waals surface area contributed by atoms with Gasteiger partial charge in [0.1, 0.15) is 22.1 Å². The van der Waals surface area contributed by atoms with E-state index < -0.39 is 5.97 Å². The number of benzene rings is 1. The number of rotatable bonds is 9. The summed E-state index contributed by atoms with van der Waals surface area (Å²) in [6.07, 6.45) is 0. The molecule has 0 saturated heterocycles. The van der Waals surface area contributed by atoms with Crippen LogP contribution in [0.1, 0.15) is 22.2 Å². The topological polar surface area (TPSA) is 117 Å². The maximum Gasteiger partial charge on any atom is 0.348 e. The highest BCUT2D eigenvalue weighted by Gasteiger charge is 2.18. The number of anilines is 1. The number of aromatic nitrogens is 4. The number of nitrogens with zero attached hydrogens (tertiary/aromatic N) is 4. The third kappa shape index (κ3) is 5.33. The number of carbonyl (C=O) groups is 2. The van der Waals surface area contributed by atoms with Crippen LogP contribution in [0.4, 0.5) is 5.00 Å².